The quantitative estimate of drug-likeness (QED) is 0.430. The number of nitrogens with zero attached hydrogens (tertiary/aromatic N) is 2. The zero-order valence-electron chi connectivity index (χ0n) is 18.0. The minimum Gasteiger partial charge on any atom is -0.474 e. The first-order valence-corrected chi connectivity index (χ1v) is 12.5. The number of anilines is 1. The maximum atomic E-state index is 13.1. The molecule has 0 aliphatic heterocycles. The summed E-state index contributed by atoms with van der Waals surface area (Å²) in [6, 6.07) is 4.53. The molecule has 8 nitrogen and oxygen atoms in total. The number of methoxy groups -OCH3 is 1. The van der Waals surface area contributed by atoms with E-state index in [2.05, 4.69) is 15.3 Å². The molecule has 0 atom stereocenters. The fourth-order valence-electron chi connectivity index (χ4n) is 3.50. The van der Waals surface area contributed by atoms with Gasteiger partial charge in [0, 0.05) is 18.9 Å². The van der Waals surface area contributed by atoms with E-state index in [9.17, 15) is 13.2 Å². The third kappa shape index (κ3) is 6.51. The van der Waals surface area contributed by atoms with Gasteiger partial charge in [0.1, 0.15) is 6.61 Å². The van der Waals surface area contributed by atoms with Crippen LogP contribution in [-0.2, 0) is 19.4 Å². The van der Waals surface area contributed by atoms with Gasteiger partial charge < -0.3 is 14.8 Å². The summed E-state index contributed by atoms with van der Waals surface area (Å²) >= 11 is 6.23. The number of hydrogen-bond donors (Lipinski definition) is 1. The van der Waals surface area contributed by atoms with Crippen molar-refractivity contribution >= 4 is 38.7 Å². The molecule has 0 saturated heterocycles. The van der Waals surface area contributed by atoms with Gasteiger partial charge in [0.2, 0.25) is 5.88 Å². The second kappa shape index (κ2) is 10.9. The Balaban J connectivity index is 1.83. The molecule has 1 aromatic heterocycles. The summed E-state index contributed by atoms with van der Waals surface area (Å²) in [6.45, 7) is 0.769. The largest absolute Gasteiger partial charge is 0.474 e. The first kappa shape index (κ1) is 24.2. The number of aromatic nitrogens is 2. The van der Waals surface area contributed by atoms with E-state index in [1.54, 1.807) is 13.2 Å². The van der Waals surface area contributed by atoms with E-state index in [-0.39, 0.29) is 27.6 Å². The Morgan fingerprint density at radius 2 is 1.97 bits per heavy atom. The van der Waals surface area contributed by atoms with Crippen molar-refractivity contribution in [2.24, 2.45) is 5.92 Å². The molecule has 1 aliphatic carbocycles. The second-order valence-corrected chi connectivity index (χ2v) is 9.97. The molecule has 32 heavy (non-hydrogen) atoms. The highest BCUT2D eigenvalue weighted by molar-refractivity contribution is 7.90. The minimum absolute atomic E-state index is 0.0264. The number of halogens is 1. The van der Waals surface area contributed by atoms with Crippen LogP contribution in [0.5, 0.6) is 5.88 Å². The molecule has 0 spiro atoms. The van der Waals surface area contributed by atoms with Crippen LogP contribution in [0.1, 0.15) is 31.2 Å². The van der Waals surface area contributed by atoms with Crippen molar-refractivity contribution in [2.45, 2.75) is 30.6 Å². The molecule has 1 fully saturated rings. The topological polar surface area (TPSA) is 107 Å². The average Bonchev–Trinajstić information content (AvgIpc) is 3.26. The molecule has 1 heterocycles. The highest BCUT2D eigenvalue weighted by atomic mass is 35.5. The standard InChI is InChI=1S/C22H26ClN3O5S/c1-30-9-10-31-21-14-24-20(13-25-21)26-22(27)17(11-15-5-3-4-6-15)16-7-8-19(18(23)12-16)32(2,28)29/h7-8,11-15H,3-6,9-10H2,1-2H3,(H,24,26,27)/b17-11+. The number of hydrogen-bond acceptors (Lipinski definition) is 7. The Bertz CT molecular complexity index is 1080. The number of ether oxygens (including phenoxy) is 2. The van der Waals surface area contributed by atoms with Gasteiger partial charge in [-0.05, 0) is 36.5 Å². The van der Waals surface area contributed by atoms with E-state index in [0.29, 0.717) is 30.2 Å². The van der Waals surface area contributed by atoms with Gasteiger partial charge in [0.15, 0.2) is 15.7 Å². The van der Waals surface area contributed by atoms with Gasteiger partial charge >= 0.3 is 0 Å². The molecule has 0 radical (unpaired) electrons. The molecule has 1 amide bonds. The highest BCUT2D eigenvalue weighted by Gasteiger charge is 2.21. The fraction of sp³-hybridized carbons (Fsp3) is 0.409. The summed E-state index contributed by atoms with van der Waals surface area (Å²) in [7, 11) is -1.89. The van der Waals surface area contributed by atoms with Gasteiger partial charge in [-0.3, -0.25) is 4.79 Å². The van der Waals surface area contributed by atoms with Crippen molar-refractivity contribution in [3.05, 3.63) is 47.3 Å². The van der Waals surface area contributed by atoms with Gasteiger partial charge in [-0.25, -0.2) is 18.4 Å². The molecule has 1 aromatic carbocycles. The van der Waals surface area contributed by atoms with Gasteiger partial charge in [0.25, 0.3) is 5.91 Å². The van der Waals surface area contributed by atoms with Crippen LogP contribution in [0.3, 0.4) is 0 Å². The number of carbonyl (C=O) groups is 1. The lowest BCUT2D eigenvalue weighted by atomic mass is 9.98. The van der Waals surface area contributed by atoms with Crippen molar-refractivity contribution < 1.29 is 22.7 Å². The van der Waals surface area contributed by atoms with Gasteiger partial charge in [0.05, 0.1) is 28.9 Å². The first-order chi connectivity index (χ1) is 15.3. The zero-order valence-corrected chi connectivity index (χ0v) is 19.6. The highest BCUT2D eigenvalue weighted by Crippen LogP contribution is 2.32. The lowest BCUT2D eigenvalue weighted by Gasteiger charge is -2.13. The number of allylic oxidation sites excluding steroid dienone is 1. The third-order valence-corrected chi connectivity index (χ3v) is 6.68. The summed E-state index contributed by atoms with van der Waals surface area (Å²) < 4.78 is 34.1. The van der Waals surface area contributed by atoms with E-state index in [4.69, 9.17) is 21.1 Å². The van der Waals surface area contributed by atoms with Crippen LogP contribution < -0.4 is 10.1 Å². The van der Waals surface area contributed by atoms with E-state index in [1.165, 1.54) is 24.5 Å². The zero-order chi connectivity index (χ0) is 23.1. The Kier molecular flexibility index (Phi) is 8.22. The fourth-order valence-corrected chi connectivity index (χ4v) is 4.83. The summed E-state index contributed by atoms with van der Waals surface area (Å²) in [5.41, 5.74) is 0.959. The molecule has 0 unspecified atom stereocenters. The Hall–Kier alpha value is -2.49. The van der Waals surface area contributed by atoms with E-state index in [0.717, 1.165) is 31.9 Å². The molecule has 1 aliphatic rings. The van der Waals surface area contributed by atoms with Crippen LogP contribution >= 0.6 is 11.6 Å². The van der Waals surface area contributed by atoms with Crippen LogP contribution in [0, 0.1) is 5.92 Å². The smallest absolute Gasteiger partial charge is 0.257 e. The molecule has 3 rings (SSSR count). The Labute approximate surface area is 192 Å². The van der Waals surface area contributed by atoms with Crippen LogP contribution in [0.4, 0.5) is 5.82 Å². The number of rotatable bonds is 9. The lowest BCUT2D eigenvalue weighted by Crippen LogP contribution is -2.16. The number of sulfone groups is 1. The van der Waals surface area contributed by atoms with Crippen LogP contribution in [-0.4, -0.2) is 50.9 Å². The minimum atomic E-state index is -3.47. The molecule has 172 valence electrons. The maximum absolute atomic E-state index is 13.1. The number of nitrogens with one attached hydrogen (secondary N) is 1. The molecule has 1 saturated carbocycles. The van der Waals surface area contributed by atoms with Crippen molar-refractivity contribution in [3.63, 3.8) is 0 Å². The first-order valence-electron chi connectivity index (χ1n) is 10.2. The Morgan fingerprint density at radius 1 is 1.22 bits per heavy atom. The molecule has 2 aromatic rings. The molecule has 10 heteroatoms. The van der Waals surface area contributed by atoms with Gasteiger partial charge in [-0.1, -0.05) is 36.6 Å². The van der Waals surface area contributed by atoms with Gasteiger partial charge in [-0.15, -0.1) is 0 Å². The number of benzene rings is 1. The van der Waals surface area contributed by atoms with Crippen LogP contribution in [0.15, 0.2) is 41.6 Å². The van der Waals surface area contributed by atoms with Crippen molar-refractivity contribution in [1.82, 2.24) is 9.97 Å². The lowest BCUT2D eigenvalue weighted by molar-refractivity contribution is -0.111. The monoisotopic (exact) mass is 479 g/mol. The summed E-state index contributed by atoms with van der Waals surface area (Å²) in [6.07, 6.45) is 10.1. The van der Waals surface area contributed by atoms with E-state index < -0.39 is 9.84 Å². The van der Waals surface area contributed by atoms with Crippen LogP contribution in [0.25, 0.3) is 5.57 Å². The molecule has 0 bridgehead atoms. The Morgan fingerprint density at radius 3 is 2.56 bits per heavy atom. The van der Waals surface area contributed by atoms with Gasteiger partial charge in [-0.2, -0.15) is 0 Å². The third-order valence-electron chi connectivity index (χ3n) is 5.10. The second-order valence-electron chi connectivity index (χ2n) is 7.58. The molecular weight excluding hydrogens is 454 g/mol. The van der Waals surface area contributed by atoms with E-state index in [1.807, 2.05) is 6.08 Å². The predicted molar refractivity (Wildman–Crippen MR) is 123 cm³/mol. The summed E-state index contributed by atoms with van der Waals surface area (Å²) in [5, 5.41) is 2.83. The molecular formula is C22H26ClN3O5S. The SMILES string of the molecule is COCCOc1cnc(NC(=O)/C(=C/C2CCCC2)c2ccc(S(C)(=O)=O)c(Cl)c2)cn1. The number of carbonyl (C=O) groups excluding carboxylic acids is 1. The molecule has 1 N–H and O–H groups in total. The van der Waals surface area contributed by atoms with Crippen molar-refractivity contribution in [1.29, 1.82) is 0 Å². The summed E-state index contributed by atoms with van der Waals surface area (Å²) in [5.74, 6) is 0.490. The predicted octanol–water partition coefficient (Wildman–Crippen LogP) is 3.77. The van der Waals surface area contributed by atoms with E-state index >= 15 is 0 Å². The van der Waals surface area contributed by atoms with Crippen molar-refractivity contribution in [2.75, 3.05) is 31.9 Å². The number of amides is 1. The van der Waals surface area contributed by atoms with Crippen LogP contribution in [0.2, 0.25) is 5.02 Å². The van der Waals surface area contributed by atoms with Crippen molar-refractivity contribution in [3.8, 4) is 5.88 Å². The summed E-state index contributed by atoms with van der Waals surface area (Å²) in [4.78, 5) is 21.5. The normalized spacial score (nSPS) is 15.0. The maximum Gasteiger partial charge on any atom is 0.257 e. The average molecular weight is 480 g/mol.